The highest BCUT2D eigenvalue weighted by Crippen LogP contribution is 2.19. The molecule has 114 valence electrons. The average Bonchev–Trinajstić information content (AvgIpc) is 2.97. The molecule has 0 radical (unpaired) electrons. The average molecular weight is 325 g/mol. The van der Waals surface area contributed by atoms with E-state index >= 15 is 0 Å². The number of nitrogens with zero attached hydrogens (tertiary/aromatic N) is 1. The molecule has 0 aliphatic rings. The molecular weight excluding hydrogens is 306 g/mol. The van der Waals surface area contributed by atoms with Crippen LogP contribution in [0, 0.1) is 6.92 Å². The number of benzene rings is 1. The number of aromatic nitrogens is 1. The monoisotopic (exact) mass is 325 g/mol. The fourth-order valence-electron chi connectivity index (χ4n) is 1.98. The second-order valence-electron chi connectivity index (χ2n) is 4.61. The van der Waals surface area contributed by atoms with Crippen LogP contribution in [0.3, 0.4) is 0 Å². The van der Waals surface area contributed by atoms with E-state index in [1.165, 1.54) is 11.3 Å². The fourth-order valence-corrected chi connectivity index (χ4v) is 3.89. The minimum atomic E-state index is -3.51. The van der Waals surface area contributed by atoms with Crippen molar-refractivity contribution >= 4 is 21.4 Å². The molecule has 0 saturated carbocycles. The van der Waals surface area contributed by atoms with Gasteiger partial charge in [0.05, 0.1) is 10.4 Å². The molecule has 1 aromatic heterocycles. The van der Waals surface area contributed by atoms with Gasteiger partial charge in [-0.05, 0) is 30.7 Å². The van der Waals surface area contributed by atoms with Crippen molar-refractivity contribution in [3.05, 3.63) is 45.9 Å². The molecule has 0 amide bonds. The first-order valence-electron chi connectivity index (χ1n) is 6.71. The third kappa shape index (κ3) is 4.10. The maximum absolute atomic E-state index is 12.4. The van der Waals surface area contributed by atoms with Gasteiger partial charge in [-0.15, -0.1) is 11.3 Å². The first-order chi connectivity index (χ1) is 10.0. The third-order valence-electron chi connectivity index (χ3n) is 3.17. The van der Waals surface area contributed by atoms with Crippen LogP contribution >= 0.6 is 11.3 Å². The van der Waals surface area contributed by atoms with Gasteiger partial charge >= 0.3 is 0 Å². The summed E-state index contributed by atoms with van der Waals surface area (Å²) in [5.41, 5.74) is 3.47. The molecule has 5 nitrogen and oxygen atoms in total. The Kier molecular flexibility index (Phi) is 5.46. The van der Waals surface area contributed by atoms with E-state index in [9.17, 15) is 8.42 Å². The van der Waals surface area contributed by atoms with Gasteiger partial charge in [0.1, 0.15) is 0 Å². The fraction of sp³-hybridized carbons (Fsp3) is 0.357. The number of rotatable bonds is 7. The zero-order chi connectivity index (χ0) is 15.3. The lowest BCUT2D eigenvalue weighted by atomic mass is 10.1. The van der Waals surface area contributed by atoms with E-state index in [2.05, 4.69) is 15.0 Å². The van der Waals surface area contributed by atoms with Crippen molar-refractivity contribution in [1.82, 2.24) is 15.0 Å². The Hall–Kier alpha value is -1.28. The Balaban J connectivity index is 2.19. The van der Waals surface area contributed by atoms with Crippen LogP contribution < -0.4 is 10.0 Å². The van der Waals surface area contributed by atoms with Gasteiger partial charge < -0.3 is 5.32 Å². The quantitative estimate of drug-likeness (QED) is 0.817. The summed E-state index contributed by atoms with van der Waals surface area (Å²) in [6, 6.07) is 5.36. The Morgan fingerprint density at radius 1 is 1.29 bits per heavy atom. The SMILES string of the molecule is CCNCc1cccc(S(=O)(=O)NCc2cncs2)c1C. The molecule has 0 aliphatic heterocycles. The Labute approximate surface area is 129 Å². The maximum atomic E-state index is 12.4. The lowest BCUT2D eigenvalue weighted by Crippen LogP contribution is -2.24. The number of sulfonamides is 1. The molecule has 2 rings (SSSR count). The van der Waals surface area contributed by atoms with Gasteiger partial charge in [-0.1, -0.05) is 19.1 Å². The molecule has 21 heavy (non-hydrogen) atoms. The lowest BCUT2D eigenvalue weighted by Gasteiger charge is -2.12. The lowest BCUT2D eigenvalue weighted by molar-refractivity contribution is 0.580. The highest BCUT2D eigenvalue weighted by molar-refractivity contribution is 7.89. The Bertz CT molecular complexity index is 682. The Morgan fingerprint density at radius 3 is 2.76 bits per heavy atom. The van der Waals surface area contributed by atoms with E-state index in [0.29, 0.717) is 11.4 Å². The van der Waals surface area contributed by atoms with Crippen molar-refractivity contribution in [3.63, 3.8) is 0 Å². The van der Waals surface area contributed by atoms with Gasteiger partial charge in [-0.25, -0.2) is 13.1 Å². The zero-order valence-corrected chi connectivity index (χ0v) is 13.7. The van der Waals surface area contributed by atoms with Crippen molar-refractivity contribution in [2.75, 3.05) is 6.54 Å². The highest BCUT2D eigenvalue weighted by Gasteiger charge is 2.18. The van der Waals surface area contributed by atoms with Gasteiger partial charge in [0.25, 0.3) is 0 Å². The zero-order valence-electron chi connectivity index (χ0n) is 12.1. The van der Waals surface area contributed by atoms with Crippen LogP contribution in [0.4, 0.5) is 0 Å². The van der Waals surface area contributed by atoms with Gasteiger partial charge in [0.2, 0.25) is 10.0 Å². The predicted octanol–water partition coefficient (Wildman–Crippen LogP) is 2.04. The van der Waals surface area contributed by atoms with Crippen molar-refractivity contribution in [2.45, 2.75) is 31.8 Å². The van der Waals surface area contributed by atoms with E-state index in [4.69, 9.17) is 0 Å². The number of nitrogens with one attached hydrogen (secondary N) is 2. The largest absolute Gasteiger partial charge is 0.313 e. The molecule has 1 aromatic carbocycles. The predicted molar refractivity (Wildman–Crippen MR) is 84.7 cm³/mol. The van der Waals surface area contributed by atoms with E-state index in [1.54, 1.807) is 23.8 Å². The minimum Gasteiger partial charge on any atom is -0.313 e. The van der Waals surface area contributed by atoms with Crippen LogP contribution in [0.25, 0.3) is 0 Å². The van der Waals surface area contributed by atoms with Crippen molar-refractivity contribution in [3.8, 4) is 0 Å². The summed E-state index contributed by atoms with van der Waals surface area (Å²) in [6.07, 6.45) is 1.67. The third-order valence-corrected chi connectivity index (χ3v) is 5.50. The second-order valence-corrected chi connectivity index (χ2v) is 7.32. The summed E-state index contributed by atoms with van der Waals surface area (Å²) < 4.78 is 27.5. The van der Waals surface area contributed by atoms with Gasteiger partial charge in [0, 0.05) is 24.2 Å². The number of thiazole rings is 1. The first kappa shape index (κ1) is 16.1. The maximum Gasteiger partial charge on any atom is 0.241 e. The van der Waals surface area contributed by atoms with E-state index in [-0.39, 0.29) is 6.54 Å². The van der Waals surface area contributed by atoms with Crippen LogP contribution in [0.2, 0.25) is 0 Å². The van der Waals surface area contributed by atoms with Crippen molar-refractivity contribution in [1.29, 1.82) is 0 Å². The number of hydrogen-bond donors (Lipinski definition) is 2. The van der Waals surface area contributed by atoms with Gasteiger partial charge in [-0.3, -0.25) is 4.98 Å². The molecule has 0 aliphatic carbocycles. The van der Waals surface area contributed by atoms with Gasteiger partial charge in [-0.2, -0.15) is 0 Å². The van der Waals surface area contributed by atoms with E-state index in [1.807, 2.05) is 19.9 Å². The van der Waals surface area contributed by atoms with E-state index in [0.717, 1.165) is 22.5 Å². The topological polar surface area (TPSA) is 71.1 Å². The van der Waals surface area contributed by atoms with Crippen molar-refractivity contribution < 1.29 is 8.42 Å². The normalized spacial score (nSPS) is 11.7. The molecule has 7 heteroatoms. The molecule has 2 aromatic rings. The second kappa shape index (κ2) is 7.13. The highest BCUT2D eigenvalue weighted by atomic mass is 32.2. The molecular formula is C14H19N3O2S2. The van der Waals surface area contributed by atoms with Crippen LogP contribution in [0.15, 0.2) is 34.8 Å². The molecule has 0 atom stereocenters. The van der Waals surface area contributed by atoms with Crippen LogP contribution in [0.5, 0.6) is 0 Å². The van der Waals surface area contributed by atoms with Crippen LogP contribution in [-0.2, 0) is 23.1 Å². The summed E-state index contributed by atoms with van der Waals surface area (Å²) in [5, 5.41) is 3.22. The molecule has 0 fully saturated rings. The summed E-state index contributed by atoms with van der Waals surface area (Å²) in [7, 11) is -3.51. The molecule has 0 saturated heterocycles. The number of hydrogen-bond acceptors (Lipinski definition) is 5. The molecule has 0 unspecified atom stereocenters. The smallest absolute Gasteiger partial charge is 0.241 e. The Morgan fingerprint density at radius 2 is 2.10 bits per heavy atom. The van der Waals surface area contributed by atoms with Crippen LogP contribution in [0.1, 0.15) is 22.9 Å². The molecule has 1 heterocycles. The summed E-state index contributed by atoms with van der Waals surface area (Å²) >= 11 is 1.43. The molecule has 0 bridgehead atoms. The summed E-state index contributed by atoms with van der Waals surface area (Å²) in [6.45, 7) is 5.64. The standard InChI is InChI=1S/C14H19N3O2S2/c1-3-15-7-12-5-4-6-14(11(12)2)21(18,19)17-9-13-8-16-10-20-13/h4-6,8,10,15,17H,3,7,9H2,1-2H3. The van der Waals surface area contributed by atoms with Crippen molar-refractivity contribution in [2.24, 2.45) is 0 Å². The molecule has 0 spiro atoms. The van der Waals surface area contributed by atoms with E-state index < -0.39 is 10.0 Å². The first-order valence-corrected chi connectivity index (χ1v) is 9.07. The molecule has 2 N–H and O–H groups in total. The summed E-state index contributed by atoms with van der Waals surface area (Å²) in [5.74, 6) is 0. The van der Waals surface area contributed by atoms with Crippen LogP contribution in [-0.4, -0.2) is 19.9 Å². The summed E-state index contributed by atoms with van der Waals surface area (Å²) in [4.78, 5) is 5.16. The minimum absolute atomic E-state index is 0.268. The van der Waals surface area contributed by atoms with Gasteiger partial charge in [0.15, 0.2) is 0 Å².